The second-order valence-corrected chi connectivity index (χ2v) is 5.50. The minimum Gasteiger partial charge on any atom is -0.467 e. The van der Waals surface area contributed by atoms with E-state index in [1.807, 2.05) is 41.3 Å². The van der Waals surface area contributed by atoms with Gasteiger partial charge in [0.05, 0.1) is 18.7 Å². The van der Waals surface area contributed by atoms with E-state index in [4.69, 9.17) is 16.0 Å². The zero-order valence-electron chi connectivity index (χ0n) is 11.1. The molecule has 0 spiro atoms. The van der Waals surface area contributed by atoms with Crippen LogP contribution in [0, 0.1) is 0 Å². The van der Waals surface area contributed by atoms with Crippen LogP contribution in [0.15, 0.2) is 47.1 Å². The summed E-state index contributed by atoms with van der Waals surface area (Å²) in [4.78, 5) is 14.4. The Morgan fingerprint density at radius 3 is 3.00 bits per heavy atom. The lowest BCUT2D eigenvalue weighted by atomic mass is 10.1. The molecule has 3 rings (SSSR count). The van der Waals surface area contributed by atoms with Gasteiger partial charge in [-0.15, -0.1) is 0 Å². The fraction of sp³-hybridized carbons (Fsp3) is 0.312. The lowest BCUT2D eigenvalue weighted by molar-refractivity contribution is -0.131. The van der Waals surface area contributed by atoms with Crippen LogP contribution in [-0.2, 0) is 11.2 Å². The van der Waals surface area contributed by atoms with Crippen molar-refractivity contribution in [3.05, 3.63) is 59.0 Å². The van der Waals surface area contributed by atoms with Gasteiger partial charge in [0, 0.05) is 11.6 Å². The van der Waals surface area contributed by atoms with Gasteiger partial charge < -0.3 is 9.32 Å². The number of benzene rings is 1. The average Bonchev–Trinajstić information content (AvgIpc) is 3.09. The Morgan fingerprint density at radius 1 is 1.35 bits per heavy atom. The van der Waals surface area contributed by atoms with Crippen LogP contribution in [-0.4, -0.2) is 17.4 Å². The molecule has 2 heterocycles. The molecular weight excluding hydrogens is 274 g/mol. The van der Waals surface area contributed by atoms with Crippen molar-refractivity contribution in [1.82, 2.24) is 4.90 Å². The molecule has 1 aliphatic heterocycles. The van der Waals surface area contributed by atoms with Gasteiger partial charge in [-0.05, 0) is 42.7 Å². The number of hydrogen-bond donors (Lipinski definition) is 0. The Kier molecular flexibility index (Phi) is 3.79. The summed E-state index contributed by atoms with van der Waals surface area (Å²) in [7, 11) is 0. The van der Waals surface area contributed by atoms with Crippen molar-refractivity contribution in [1.29, 1.82) is 0 Å². The molecule has 4 heteroatoms. The van der Waals surface area contributed by atoms with Crippen LogP contribution in [0.1, 0.15) is 30.2 Å². The van der Waals surface area contributed by atoms with E-state index >= 15 is 0 Å². The second kappa shape index (κ2) is 5.71. The molecule has 2 aromatic rings. The Balaban J connectivity index is 1.73. The van der Waals surface area contributed by atoms with Crippen molar-refractivity contribution in [2.45, 2.75) is 25.3 Å². The highest BCUT2D eigenvalue weighted by atomic mass is 35.5. The number of likely N-dealkylation sites (tertiary alicyclic amines) is 1. The summed E-state index contributed by atoms with van der Waals surface area (Å²) >= 11 is 5.96. The average molecular weight is 290 g/mol. The Hall–Kier alpha value is -1.74. The largest absolute Gasteiger partial charge is 0.467 e. The van der Waals surface area contributed by atoms with E-state index < -0.39 is 0 Å². The molecule has 104 valence electrons. The lowest BCUT2D eigenvalue weighted by Crippen LogP contribution is -2.31. The summed E-state index contributed by atoms with van der Waals surface area (Å²) in [6, 6.07) is 11.4. The summed E-state index contributed by atoms with van der Waals surface area (Å²) in [5, 5.41) is 0.666. The number of furan rings is 1. The standard InChI is InChI=1S/C16H16ClNO2/c17-13-5-1-4-12(10-13)11-16(19)18-8-2-6-14(18)15-7-3-9-20-15/h1,3-5,7,9-10,14H,2,6,8,11H2/t14-/m0/s1. The van der Waals surface area contributed by atoms with Crippen LogP contribution in [0.5, 0.6) is 0 Å². The molecule has 3 nitrogen and oxygen atoms in total. The second-order valence-electron chi connectivity index (χ2n) is 5.07. The summed E-state index contributed by atoms with van der Waals surface area (Å²) < 4.78 is 5.45. The molecular formula is C16H16ClNO2. The maximum atomic E-state index is 12.5. The molecule has 0 N–H and O–H groups in total. The molecule has 0 saturated carbocycles. The fourth-order valence-corrected chi connectivity index (χ4v) is 2.98. The van der Waals surface area contributed by atoms with Gasteiger partial charge in [0.25, 0.3) is 0 Å². The van der Waals surface area contributed by atoms with E-state index in [0.29, 0.717) is 11.4 Å². The van der Waals surface area contributed by atoms with Crippen LogP contribution >= 0.6 is 11.6 Å². The highest BCUT2D eigenvalue weighted by Crippen LogP contribution is 2.32. The number of rotatable bonds is 3. The first kappa shape index (κ1) is 13.3. The van der Waals surface area contributed by atoms with E-state index in [0.717, 1.165) is 30.7 Å². The number of halogens is 1. The zero-order chi connectivity index (χ0) is 13.9. The van der Waals surface area contributed by atoms with Crippen molar-refractivity contribution in [2.24, 2.45) is 0 Å². The predicted molar refractivity (Wildman–Crippen MR) is 77.6 cm³/mol. The molecule has 1 atom stereocenters. The van der Waals surface area contributed by atoms with Crippen molar-refractivity contribution >= 4 is 17.5 Å². The topological polar surface area (TPSA) is 33.5 Å². The third kappa shape index (κ3) is 2.73. The normalized spacial score (nSPS) is 18.4. The minimum atomic E-state index is 0.0803. The van der Waals surface area contributed by atoms with E-state index in [1.165, 1.54) is 0 Å². The van der Waals surface area contributed by atoms with Crippen molar-refractivity contribution < 1.29 is 9.21 Å². The Labute approximate surface area is 123 Å². The lowest BCUT2D eigenvalue weighted by Gasteiger charge is -2.23. The van der Waals surface area contributed by atoms with Crippen molar-refractivity contribution in [2.75, 3.05) is 6.54 Å². The quantitative estimate of drug-likeness (QED) is 0.860. The highest BCUT2D eigenvalue weighted by Gasteiger charge is 2.31. The smallest absolute Gasteiger partial charge is 0.227 e. The van der Waals surface area contributed by atoms with Gasteiger partial charge >= 0.3 is 0 Å². The van der Waals surface area contributed by atoms with Crippen LogP contribution in [0.3, 0.4) is 0 Å². The molecule has 1 saturated heterocycles. The van der Waals surface area contributed by atoms with Crippen molar-refractivity contribution in [3.63, 3.8) is 0 Å². The SMILES string of the molecule is O=C(Cc1cccc(Cl)c1)N1CCC[C@H]1c1ccco1. The van der Waals surface area contributed by atoms with Crippen LogP contribution < -0.4 is 0 Å². The Bertz CT molecular complexity index is 594. The van der Waals surface area contributed by atoms with Gasteiger partial charge in [-0.25, -0.2) is 0 Å². The van der Waals surface area contributed by atoms with Crippen LogP contribution in [0.4, 0.5) is 0 Å². The molecule has 1 aromatic heterocycles. The molecule has 1 amide bonds. The highest BCUT2D eigenvalue weighted by molar-refractivity contribution is 6.30. The summed E-state index contributed by atoms with van der Waals surface area (Å²) in [5.74, 6) is 1.01. The predicted octanol–water partition coefficient (Wildman–Crippen LogP) is 3.84. The van der Waals surface area contributed by atoms with Crippen LogP contribution in [0.25, 0.3) is 0 Å². The van der Waals surface area contributed by atoms with Gasteiger partial charge in [0.15, 0.2) is 0 Å². The molecule has 20 heavy (non-hydrogen) atoms. The number of hydrogen-bond acceptors (Lipinski definition) is 2. The van der Waals surface area contributed by atoms with Gasteiger partial charge in [-0.1, -0.05) is 23.7 Å². The van der Waals surface area contributed by atoms with Crippen molar-refractivity contribution in [3.8, 4) is 0 Å². The molecule has 0 radical (unpaired) electrons. The van der Waals surface area contributed by atoms with E-state index in [9.17, 15) is 4.79 Å². The Morgan fingerprint density at radius 2 is 2.25 bits per heavy atom. The van der Waals surface area contributed by atoms with Gasteiger partial charge in [0.1, 0.15) is 5.76 Å². The maximum absolute atomic E-state index is 12.5. The first-order chi connectivity index (χ1) is 9.74. The summed E-state index contributed by atoms with van der Waals surface area (Å²) in [6.45, 7) is 0.796. The van der Waals surface area contributed by atoms with E-state index in [1.54, 1.807) is 6.26 Å². The molecule has 1 aromatic carbocycles. The number of carbonyl (C=O) groups excluding carboxylic acids is 1. The molecule has 0 aliphatic carbocycles. The van der Waals surface area contributed by atoms with E-state index in [-0.39, 0.29) is 11.9 Å². The van der Waals surface area contributed by atoms with Gasteiger partial charge in [0.2, 0.25) is 5.91 Å². The molecule has 1 aliphatic rings. The monoisotopic (exact) mass is 289 g/mol. The number of carbonyl (C=O) groups is 1. The molecule has 0 unspecified atom stereocenters. The fourth-order valence-electron chi connectivity index (χ4n) is 2.76. The van der Waals surface area contributed by atoms with E-state index in [2.05, 4.69) is 0 Å². The zero-order valence-corrected chi connectivity index (χ0v) is 11.8. The maximum Gasteiger partial charge on any atom is 0.227 e. The summed E-state index contributed by atoms with van der Waals surface area (Å²) in [6.07, 6.45) is 4.03. The third-order valence-corrected chi connectivity index (χ3v) is 3.92. The minimum absolute atomic E-state index is 0.0803. The molecule has 0 bridgehead atoms. The van der Waals surface area contributed by atoms with Crippen LogP contribution in [0.2, 0.25) is 5.02 Å². The van der Waals surface area contributed by atoms with Gasteiger partial charge in [-0.3, -0.25) is 4.79 Å². The first-order valence-corrected chi connectivity index (χ1v) is 7.19. The van der Waals surface area contributed by atoms with Gasteiger partial charge in [-0.2, -0.15) is 0 Å². The molecule has 1 fully saturated rings. The number of amides is 1. The first-order valence-electron chi connectivity index (χ1n) is 6.81. The third-order valence-electron chi connectivity index (χ3n) is 3.69. The number of nitrogens with zero attached hydrogens (tertiary/aromatic N) is 1. The summed E-state index contributed by atoms with van der Waals surface area (Å²) in [5.41, 5.74) is 0.951.